The molecule has 5 nitrogen and oxygen atoms in total. The molecule has 1 aromatic heterocycles. The molecule has 2 rings (SSSR count). The Balaban J connectivity index is 1.97. The second kappa shape index (κ2) is 6.78. The van der Waals surface area contributed by atoms with Crippen molar-refractivity contribution < 1.29 is 9.53 Å². The molecule has 0 spiro atoms. The summed E-state index contributed by atoms with van der Waals surface area (Å²) in [6.45, 7) is 4.34. The monoisotopic (exact) mass is 325 g/mol. The second-order valence-corrected chi connectivity index (χ2v) is 6.07. The predicted octanol–water partition coefficient (Wildman–Crippen LogP) is 3.74. The zero-order valence-corrected chi connectivity index (χ0v) is 13.6. The third-order valence-corrected chi connectivity index (χ3v) is 4.26. The van der Waals surface area contributed by atoms with E-state index in [4.69, 9.17) is 16.3 Å². The van der Waals surface area contributed by atoms with E-state index < -0.39 is 0 Å². The highest BCUT2D eigenvalue weighted by Gasteiger charge is 2.11. The van der Waals surface area contributed by atoms with Gasteiger partial charge in [-0.2, -0.15) is 0 Å². The van der Waals surface area contributed by atoms with Crippen LogP contribution in [0.15, 0.2) is 18.2 Å². The second-order valence-electron chi connectivity index (χ2n) is 4.38. The normalized spacial score (nSPS) is 10.3. The summed E-state index contributed by atoms with van der Waals surface area (Å²) in [5.74, 6) is 0.440. The van der Waals surface area contributed by atoms with Crippen LogP contribution < -0.4 is 15.4 Å². The fourth-order valence-electron chi connectivity index (χ4n) is 1.75. The molecule has 0 unspecified atom stereocenters. The topological polar surface area (TPSA) is 63.2 Å². The smallest absolute Gasteiger partial charge is 0.319 e. The van der Waals surface area contributed by atoms with E-state index in [-0.39, 0.29) is 6.03 Å². The van der Waals surface area contributed by atoms with Crippen molar-refractivity contribution >= 4 is 34.7 Å². The molecule has 112 valence electrons. The third-order valence-electron chi connectivity index (χ3n) is 2.89. The Kier molecular flexibility index (Phi) is 5.03. The van der Waals surface area contributed by atoms with Crippen LogP contribution in [0.2, 0.25) is 5.02 Å². The predicted molar refractivity (Wildman–Crippen MR) is 85.5 cm³/mol. The number of ether oxygens (including phenoxy) is 1. The van der Waals surface area contributed by atoms with E-state index in [0.717, 1.165) is 15.6 Å². The molecule has 0 radical (unpaired) electrons. The van der Waals surface area contributed by atoms with Gasteiger partial charge in [0, 0.05) is 4.88 Å². The zero-order chi connectivity index (χ0) is 15.4. The average molecular weight is 326 g/mol. The first-order valence-electron chi connectivity index (χ1n) is 6.31. The lowest BCUT2D eigenvalue weighted by molar-refractivity contribution is 0.251. The van der Waals surface area contributed by atoms with Crippen molar-refractivity contribution in [1.82, 2.24) is 10.3 Å². The van der Waals surface area contributed by atoms with Crippen LogP contribution in [-0.4, -0.2) is 18.1 Å². The van der Waals surface area contributed by atoms with Crippen LogP contribution in [0.1, 0.15) is 15.6 Å². The molecular formula is C14H16ClN3O2S. The highest BCUT2D eigenvalue weighted by atomic mass is 35.5. The molecule has 0 saturated heterocycles. The highest BCUT2D eigenvalue weighted by Crippen LogP contribution is 2.32. The Morgan fingerprint density at radius 1 is 1.43 bits per heavy atom. The molecule has 0 fully saturated rings. The van der Waals surface area contributed by atoms with Crippen LogP contribution in [0.25, 0.3) is 0 Å². The largest absolute Gasteiger partial charge is 0.493 e. The molecule has 0 aliphatic carbocycles. The van der Waals surface area contributed by atoms with E-state index in [1.165, 1.54) is 7.11 Å². The Bertz CT molecular complexity index is 638. The fourth-order valence-corrected chi connectivity index (χ4v) is 2.88. The molecule has 0 bridgehead atoms. The molecule has 1 heterocycles. The van der Waals surface area contributed by atoms with Gasteiger partial charge in [0.1, 0.15) is 5.01 Å². The quantitative estimate of drug-likeness (QED) is 0.900. The number of thiazole rings is 1. The fraction of sp³-hybridized carbons (Fsp3) is 0.286. The summed E-state index contributed by atoms with van der Waals surface area (Å²) in [4.78, 5) is 17.4. The summed E-state index contributed by atoms with van der Waals surface area (Å²) in [7, 11) is 1.51. The van der Waals surface area contributed by atoms with Crippen molar-refractivity contribution in [2.75, 3.05) is 12.4 Å². The molecule has 2 amide bonds. The third kappa shape index (κ3) is 3.86. The number of nitrogens with one attached hydrogen (secondary N) is 2. The van der Waals surface area contributed by atoms with Crippen LogP contribution in [0.5, 0.6) is 5.75 Å². The van der Waals surface area contributed by atoms with Crippen molar-refractivity contribution in [2.24, 2.45) is 0 Å². The van der Waals surface area contributed by atoms with E-state index in [9.17, 15) is 4.79 Å². The Morgan fingerprint density at radius 3 is 2.81 bits per heavy atom. The van der Waals surface area contributed by atoms with Gasteiger partial charge in [0.25, 0.3) is 0 Å². The van der Waals surface area contributed by atoms with Crippen molar-refractivity contribution in [1.29, 1.82) is 0 Å². The van der Waals surface area contributed by atoms with Gasteiger partial charge in [0.15, 0.2) is 5.75 Å². The number of anilines is 1. The summed E-state index contributed by atoms with van der Waals surface area (Å²) in [6, 6.07) is 4.83. The number of carbonyl (C=O) groups is 1. The van der Waals surface area contributed by atoms with Gasteiger partial charge in [-0.3, -0.25) is 0 Å². The number of aryl methyl sites for hydroxylation is 2. The minimum absolute atomic E-state index is 0.332. The van der Waals surface area contributed by atoms with Crippen molar-refractivity contribution in [3.8, 4) is 5.75 Å². The minimum Gasteiger partial charge on any atom is -0.493 e. The number of hydrogen-bond acceptors (Lipinski definition) is 4. The molecule has 1 aromatic carbocycles. The SMILES string of the molecule is COc1c(Cl)cccc1NC(=O)NCc1nc(C)c(C)s1. The number of aromatic nitrogens is 1. The summed E-state index contributed by atoms with van der Waals surface area (Å²) in [6.07, 6.45) is 0. The van der Waals surface area contributed by atoms with Gasteiger partial charge in [-0.25, -0.2) is 9.78 Å². The molecule has 0 aliphatic rings. The Morgan fingerprint density at radius 2 is 2.19 bits per heavy atom. The lowest BCUT2D eigenvalue weighted by Gasteiger charge is -2.11. The molecule has 2 aromatic rings. The van der Waals surface area contributed by atoms with Gasteiger partial charge < -0.3 is 15.4 Å². The van der Waals surface area contributed by atoms with Gasteiger partial charge in [0.05, 0.1) is 30.1 Å². The van der Waals surface area contributed by atoms with Gasteiger partial charge in [-0.05, 0) is 26.0 Å². The number of rotatable bonds is 4. The Hall–Kier alpha value is -1.79. The highest BCUT2D eigenvalue weighted by molar-refractivity contribution is 7.11. The van der Waals surface area contributed by atoms with Crippen LogP contribution in [0.4, 0.5) is 10.5 Å². The number of nitrogens with zero attached hydrogens (tertiary/aromatic N) is 1. The van der Waals surface area contributed by atoms with Gasteiger partial charge in [0.2, 0.25) is 0 Å². The van der Waals surface area contributed by atoms with Crippen molar-refractivity contribution in [3.63, 3.8) is 0 Å². The van der Waals surface area contributed by atoms with Crippen LogP contribution >= 0.6 is 22.9 Å². The van der Waals surface area contributed by atoms with Crippen molar-refractivity contribution in [3.05, 3.63) is 38.8 Å². The molecule has 0 aliphatic heterocycles. The summed E-state index contributed by atoms with van der Waals surface area (Å²) in [5, 5.41) is 6.79. The number of hydrogen-bond donors (Lipinski definition) is 2. The molecule has 2 N–H and O–H groups in total. The van der Waals surface area contributed by atoms with Gasteiger partial charge in [-0.1, -0.05) is 17.7 Å². The number of benzene rings is 1. The number of amides is 2. The molecular weight excluding hydrogens is 310 g/mol. The summed E-state index contributed by atoms with van der Waals surface area (Å²) >= 11 is 7.57. The van der Waals surface area contributed by atoms with Crippen LogP contribution in [-0.2, 0) is 6.54 Å². The van der Waals surface area contributed by atoms with E-state index in [1.54, 1.807) is 29.5 Å². The standard InChI is InChI=1S/C14H16ClN3O2S/c1-8-9(2)21-12(17-8)7-16-14(19)18-11-6-4-5-10(15)13(11)20-3/h4-6H,7H2,1-3H3,(H2,16,18,19). The maximum Gasteiger partial charge on any atom is 0.319 e. The first-order valence-corrected chi connectivity index (χ1v) is 7.51. The molecule has 7 heteroatoms. The van der Waals surface area contributed by atoms with Gasteiger partial charge in [-0.15, -0.1) is 11.3 Å². The number of para-hydroxylation sites is 1. The summed E-state index contributed by atoms with van der Waals surface area (Å²) < 4.78 is 5.17. The van der Waals surface area contributed by atoms with E-state index >= 15 is 0 Å². The zero-order valence-electron chi connectivity index (χ0n) is 12.0. The average Bonchev–Trinajstić information content (AvgIpc) is 2.76. The Labute approximate surface area is 132 Å². The van der Waals surface area contributed by atoms with Crippen LogP contribution in [0, 0.1) is 13.8 Å². The van der Waals surface area contributed by atoms with Gasteiger partial charge >= 0.3 is 6.03 Å². The lowest BCUT2D eigenvalue weighted by atomic mass is 10.3. The van der Waals surface area contributed by atoms with Crippen LogP contribution in [0.3, 0.4) is 0 Å². The van der Waals surface area contributed by atoms with E-state index in [2.05, 4.69) is 15.6 Å². The number of carbonyl (C=O) groups excluding carboxylic acids is 1. The maximum absolute atomic E-state index is 11.9. The minimum atomic E-state index is -0.332. The molecule has 21 heavy (non-hydrogen) atoms. The first kappa shape index (κ1) is 15.6. The first-order chi connectivity index (χ1) is 10.0. The van der Waals surface area contributed by atoms with E-state index in [1.807, 2.05) is 13.8 Å². The number of halogens is 1. The lowest BCUT2D eigenvalue weighted by Crippen LogP contribution is -2.28. The maximum atomic E-state index is 11.9. The van der Waals surface area contributed by atoms with Crippen molar-refractivity contribution in [2.45, 2.75) is 20.4 Å². The number of urea groups is 1. The van der Waals surface area contributed by atoms with E-state index in [0.29, 0.717) is 23.0 Å². The summed E-state index contributed by atoms with van der Waals surface area (Å²) in [5.41, 5.74) is 1.52. The molecule has 0 atom stereocenters. The molecule has 0 saturated carbocycles. The number of methoxy groups -OCH3 is 1.